The average molecular weight is 300 g/mol. The number of hydrogen-bond acceptors (Lipinski definition) is 3. The minimum Gasteiger partial charge on any atom is -0.493 e. The molecule has 3 nitrogen and oxygen atoms in total. The summed E-state index contributed by atoms with van der Waals surface area (Å²) in [5.74, 6) is 1.49. The molecule has 0 heterocycles. The maximum atomic E-state index is 6.06. The standard InChI is InChI=1S/C16H26ClNO2/c1-4-5-13(2)12-20-16-7-6-15(17)10-14(16)11-18-8-9-19-3/h6-7,10,13,18H,4-5,8-9,11-12H2,1-3H3. The van der Waals surface area contributed by atoms with Gasteiger partial charge >= 0.3 is 0 Å². The Labute approximate surface area is 127 Å². The summed E-state index contributed by atoms with van der Waals surface area (Å²) < 4.78 is 11.0. The average Bonchev–Trinajstić information content (AvgIpc) is 2.43. The van der Waals surface area contributed by atoms with Gasteiger partial charge in [-0.05, 0) is 30.5 Å². The van der Waals surface area contributed by atoms with Gasteiger partial charge in [0.05, 0.1) is 13.2 Å². The molecule has 1 atom stereocenters. The summed E-state index contributed by atoms with van der Waals surface area (Å²) in [6.07, 6.45) is 2.38. The summed E-state index contributed by atoms with van der Waals surface area (Å²) in [5.41, 5.74) is 1.09. The highest BCUT2D eigenvalue weighted by Gasteiger charge is 2.07. The molecule has 0 saturated heterocycles. The van der Waals surface area contributed by atoms with E-state index in [1.54, 1.807) is 7.11 Å². The van der Waals surface area contributed by atoms with Gasteiger partial charge in [0.2, 0.25) is 0 Å². The number of ether oxygens (including phenoxy) is 2. The van der Waals surface area contributed by atoms with E-state index in [9.17, 15) is 0 Å². The van der Waals surface area contributed by atoms with Crippen LogP contribution in [0.1, 0.15) is 32.3 Å². The van der Waals surface area contributed by atoms with Gasteiger partial charge in [-0.25, -0.2) is 0 Å². The number of rotatable bonds is 10. The second-order valence-corrected chi connectivity index (χ2v) is 5.56. The van der Waals surface area contributed by atoms with Crippen LogP contribution in [0.15, 0.2) is 18.2 Å². The molecule has 4 heteroatoms. The maximum Gasteiger partial charge on any atom is 0.123 e. The number of nitrogens with one attached hydrogen (secondary N) is 1. The van der Waals surface area contributed by atoms with Gasteiger partial charge in [0, 0.05) is 30.8 Å². The molecule has 0 aliphatic rings. The van der Waals surface area contributed by atoms with E-state index in [1.807, 2.05) is 18.2 Å². The van der Waals surface area contributed by atoms with Crippen molar-refractivity contribution in [1.82, 2.24) is 5.32 Å². The predicted octanol–water partition coefficient (Wildman–Crippen LogP) is 3.89. The molecule has 1 aromatic carbocycles. The van der Waals surface area contributed by atoms with E-state index >= 15 is 0 Å². The van der Waals surface area contributed by atoms with Crippen LogP contribution in [0, 0.1) is 5.92 Å². The maximum absolute atomic E-state index is 6.06. The number of hydrogen-bond donors (Lipinski definition) is 1. The largest absolute Gasteiger partial charge is 0.493 e. The lowest BCUT2D eigenvalue weighted by molar-refractivity contribution is 0.198. The van der Waals surface area contributed by atoms with Crippen molar-refractivity contribution >= 4 is 11.6 Å². The Kier molecular flexibility index (Phi) is 8.67. The van der Waals surface area contributed by atoms with E-state index in [2.05, 4.69) is 19.2 Å². The fourth-order valence-electron chi connectivity index (χ4n) is 2.03. The number of methoxy groups -OCH3 is 1. The molecule has 20 heavy (non-hydrogen) atoms. The molecule has 0 saturated carbocycles. The SMILES string of the molecule is CCCC(C)COc1ccc(Cl)cc1CNCCOC. The van der Waals surface area contributed by atoms with E-state index in [0.29, 0.717) is 12.5 Å². The first-order chi connectivity index (χ1) is 9.67. The van der Waals surface area contributed by atoms with Crippen molar-refractivity contribution in [2.24, 2.45) is 5.92 Å². The van der Waals surface area contributed by atoms with Crippen LogP contribution >= 0.6 is 11.6 Å². The summed E-state index contributed by atoms with van der Waals surface area (Å²) in [6, 6.07) is 5.79. The van der Waals surface area contributed by atoms with Crippen molar-refractivity contribution in [2.75, 3.05) is 26.9 Å². The molecule has 0 spiro atoms. The van der Waals surface area contributed by atoms with Crippen LogP contribution in [0.4, 0.5) is 0 Å². The van der Waals surface area contributed by atoms with Gasteiger partial charge in [0.15, 0.2) is 0 Å². The van der Waals surface area contributed by atoms with Crippen LogP contribution in [0.3, 0.4) is 0 Å². The molecule has 1 N–H and O–H groups in total. The molecule has 0 fully saturated rings. The van der Waals surface area contributed by atoms with Crippen LogP contribution in [0.25, 0.3) is 0 Å². The van der Waals surface area contributed by atoms with Gasteiger partial charge in [-0.15, -0.1) is 0 Å². The van der Waals surface area contributed by atoms with Crippen LogP contribution < -0.4 is 10.1 Å². The topological polar surface area (TPSA) is 30.5 Å². The summed E-state index contributed by atoms with van der Waals surface area (Å²) >= 11 is 6.06. The normalized spacial score (nSPS) is 12.4. The third-order valence-corrected chi connectivity index (χ3v) is 3.36. The summed E-state index contributed by atoms with van der Waals surface area (Å²) in [5, 5.41) is 4.06. The van der Waals surface area contributed by atoms with Crippen molar-refractivity contribution in [1.29, 1.82) is 0 Å². The zero-order valence-electron chi connectivity index (χ0n) is 12.7. The lowest BCUT2D eigenvalue weighted by atomic mass is 10.1. The number of halogens is 1. The molecule has 0 bridgehead atoms. The second-order valence-electron chi connectivity index (χ2n) is 5.13. The smallest absolute Gasteiger partial charge is 0.123 e. The lowest BCUT2D eigenvalue weighted by Gasteiger charge is -2.16. The first-order valence-corrected chi connectivity index (χ1v) is 7.66. The van der Waals surface area contributed by atoms with Gasteiger partial charge in [0.1, 0.15) is 5.75 Å². The molecular weight excluding hydrogens is 274 g/mol. The van der Waals surface area contributed by atoms with Crippen molar-refractivity contribution in [3.63, 3.8) is 0 Å². The van der Waals surface area contributed by atoms with Gasteiger partial charge in [-0.2, -0.15) is 0 Å². The Bertz CT molecular complexity index is 385. The van der Waals surface area contributed by atoms with Crippen LogP contribution in [0.2, 0.25) is 5.02 Å². The second kappa shape index (κ2) is 10.0. The van der Waals surface area contributed by atoms with Crippen LogP contribution in [0.5, 0.6) is 5.75 Å². The molecule has 0 radical (unpaired) electrons. The van der Waals surface area contributed by atoms with Crippen LogP contribution in [-0.2, 0) is 11.3 Å². The predicted molar refractivity (Wildman–Crippen MR) is 84.6 cm³/mol. The number of benzene rings is 1. The molecule has 114 valence electrons. The quantitative estimate of drug-likeness (QED) is 0.665. The van der Waals surface area contributed by atoms with E-state index in [0.717, 1.165) is 36.0 Å². The highest BCUT2D eigenvalue weighted by Crippen LogP contribution is 2.23. The third kappa shape index (κ3) is 6.60. The Morgan fingerprint density at radius 3 is 2.85 bits per heavy atom. The van der Waals surface area contributed by atoms with E-state index in [1.165, 1.54) is 12.8 Å². The fraction of sp³-hybridized carbons (Fsp3) is 0.625. The van der Waals surface area contributed by atoms with Gasteiger partial charge in [0.25, 0.3) is 0 Å². The molecular formula is C16H26ClNO2. The fourth-order valence-corrected chi connectivity index (χ4v) is 2.23. The summed E-state index contributed by atoms with van der Waals surface area (Å²) in [7, 11) is 1.70. The first kappa shape index (κ1) is 17.3. The highest BCUT2D eigenvalue weighted by atomic mass is 35.5. The zero-order chi connectivity index (χ0) is 14.8. The molecule has 0 aliphatic carbocycles. The minimum atomic E-state index is 0.574. The minimum absolute atomic E-state index is 0.574. The van der Waals surface area contributed by atoms with Crippen molar-refractivity contribution < 1.29 is 9.47 Å². The Balaban J connectivity index is 2.55. The molecule has 0 aliphatic heterocycles. The zero-order valence-corrected chi connectivity index (χ0v) is 13.5. The highest BCUT2D eigenvalue weighted by molar-refractivity contribution is 6.30. The Morgan fingerprint density at radius 2 is 2.15 bits per heavy atom. The molecule has 1 rings (SSSR count). The Morgan fingerprint density at radius 1 is 1.35 bits per heavy atom. The van der Waals surface area contributed by atoms with Crippen molar-refractivity contribution in [3.8, 4) is 5.75 Å². The van der Waals surface area contributed by atoms with E-state index < -0.39 is 0 Å². The monoisotopic (exact) mass is 299 g/mol. The van der Waals surface area contributed by atoms with E-state index in [4.69, 9.17) is 21.1 Å². The lowest BCUT2D eigenvalue weighted by Crippen LogP contribution is -2.19. The van der Waals surface area contributed by atoms with Gasteiger partial charge < -0.3 is 14.8 Å². The molecule has 0 aromatic heterocycles. The van der Waals surface area contributed by atoms with Crippen LogP contribution in [-0.4, -0.2) is 26.9 Å². The summed E-state index contributed by atoms with van der Waals surface area (Å²) in [4.78, 5) is 0. The van der Waals surface area contributed by atoms with Gasteiger partial charge in [-0.3, -0.25) is 0 Å². The van der Waals surface area contributed by atoms with E-state index in [-0.39, 0.29) is 0 Å². The van der Waals surface area contributed by atoms with Gasteiger partial charge in [-0.1, -0.05) is 31.9 Å². The molecule has 0 amide bonds. The third-order valence-electron chi connectivity index (χ3n) is 3.13. The van der Waals surface area contributed by atoms with Crippen molar-refractivity contribution in [3.05, 3.63) is 28.8 Å². The molecule has 1 aromatic rings. The molecule has 1 unspecified atom stereocenters. The Hall–Kier alpha value is -0.770. The summed E-state index contributed by atoms with van der Waals surface area (Å²) in [6.45, 7) is 7.42. The first-order valence-electron chi connectivity index (χ1n) is 7.28. The van der Waals surface area contributed by atoms with Crippen molar-refractivity contribution in [2.45, 2.75) is 33.2 Å².